The van der Waals surface area contributed by atoms with Crippen molar-refractivity contribution in [1.29, 1.82) is 0 Å². The number of ether oxygens (including phenoxy) is 1. The summed E-state index contributed by atoms with van der Waals surface area (Å²) in [5.41, 5.74) is 2.03. The van der Waals surface area contributed by atoms with E-state index in [1.54, 1.807) is 6.08 Å². The summed E-state index contributed by atoms with van der Waals surface area (Å²) in [7, 11) is 0. The van der Waals surface area contributed by atoms with Gasteiger partial charge >= 0.3 is 5.97 Å². The van der Waals surface area contributed by atoms with Crippen LogP contribution in [0.2, 0.25) is 0 Å². The number of carboxylic acids is 1. The van der Waals surface area contributed by atoms with Gasteiger partial charge in [0.25, 0.3) is 0 Å². The first-order chi connectivity index (χ1) is 9.97. The smallest absolute Gasteiger partial charge is 0.334 e. The molecular weight excluding hydrogens is 338 g/mol. The highest BCUT2D eigenvalue weighted by molar-refractivity contribution is 9.10. The Labute approximate surface area is 131 Å². The van der Waals surface area contributed by atoms with Crippen LogP contribution in [0, 0.1) is 6.92 Å². The van der Waals surface area contributed by atoms with Crippen LogP contribution in [0.1, 0.15) is 11.1 Å². The van der Waals surface area contributed by atoms with Gasteiger partial charge < -0.3 is 14.7 Å². The number of halogens is 1. The van der Waals surface area contributed by atoms with Gasteiger partial charge in [-0.3, -0.25) is 4.79 Å². The van der Waals surface area contributed by atoms with E-state index in [1.165, 1.54) is 11.0 Å². The minimum absolute atomic E-state index is 0.0770. The van der Waals surface area contributed by atoms with E-state index >= 15 is 0 Å². The van der Waals surface area contributed by atoms with Crippen molar-refractivity contribution >= 4 is 33.9 Å². The predicted octanol–water partition coefficient (Wildman–Crippen LogP) is 2.08. The number of amides is 1. The summed E-state index contributed by atoms with van der Waals surface area (Å²) in [6, 6.07) is 5.85. The van der Waals surface area contributed by atoms with Crippen molar-refractivity contribution in [2.75, 3.05) is 19.7 Å². The van der Waals surface area contributed by atoms with Crippen molar-refractivity contribution in [3.05, 3.63) is 39.9 Å². The summed E-state index contributed by atoms with van der Waals surface area (Å²) in [4.78, 5) is 24.5. The van der Waals surface area contributed by atoms with Crippen molar-refractivity contribution in [3.63, 3.8) is 0 Å². The van der Waals surface area contributed by atoms with Crippen molar-refractivity contribution in [3.8, 4) is 0 Å². The van der Waals surface area contributed by atoms with Gasteiger partial charge in [-0.1, -0.05) is 28.1 Å². The molecule has 1 amide bonds. The van der Waals surface area contributed by atoms with Gasteiger partial charge in [-0.25, -0.2) is 4.79 Å². The predicted molar refractivity (Wildman–Crippen MR) is 81.9 cm³/mol. The molecule has 2 rings (SSSR count). The Morgan fingerprint density at radius 3 is 2.90 bits per heavy atom. The van der Waals surface area contributed by atoms with Crippen LogP contribution in [0.4, 0.5) is 0 Å². The number of carbonyl (C=O) groups excluding carboxylic acids is 1. The average molecular weight is 354 g/mol. The number of benzene rings is 1. The number of carbonyl (C=O) groups is 2. The number of hydrogen-bond acceptors (Lipinski definition) is 3. The minimum Gasteiger partial charge on any atom is -0.479 e. The first-order valence-corrected chi connectivity index (χ1v) is 7.34. The fourth-order valence-corrected chi connectivity index (χ4v) is 2.66. The second-order valence-corrected chi connectivity index (χ2v) is 5.69. The van der Waals surface area contributed by atoms with Crippen LogP contribution in [0.5, 0.6) is 0 Å². The van der Waals surface area contributed by atoms with Gasteiger partial charge in [0, 0.05) is 17.1 Å². The lowest BCUT2D eigenvalue weighted by Crippen LogP contribution is -2.48. The Balaban J connectivity index is 2.03. The van der Waals surface area contributed by atoms with Gasteiger partial charge in [0.15, 0.2) is 6.10 Å². The molecule has 1 heterocycles. The molecule has 21 heavy (non-hydrogen) atoms. The number of hydrogen-bond donors (Lipinski definition) is 1. The van der Waals surface area contributed by atoms with E-state index in [0.717, 1.165) is 15.6 Å². The molecule has 1 unspecified atom stereocenters. The molecule has 0 aromatic heterocycles. The van der Waals surface area contributed by atoms with Gasteiger partial charge in [0.2, 0.25) is 5.91 Å². The summed E-state index contributed by atoms with van der Waals surface area (Å²) >= 11 is 3.45. The quantitative estimate of drug-likeness (QED) is 0.844. The molecule has 5 nitrogen and oxygen atoms in total. The molecule has 0 saturated carbocycles. The Kier molecular flexibility index (Phi) is 5.14. The van der Waals surface area contributed by atoms with Gasteiger partial charge in [-0.2, -0.15) is 0 Å². The number of rotatable bonds is 3. The first kappa shape index (κ1) is 15.7. The lowest BCUT2D eigenvalue weighted by molar-refractivity contribution is -0.158. The zero-order valence-electron chi connectivity index (χ0n) is 11.6. The Morgan fingerprint density at radius 1 is 1.48 bits per heavy atom. The van der Waals surface area contributed by atoms with Crippen LogP contribution in [-0.2, 0) is 14.3 Å². The summed E-state index contributed by atoms with van der Waals surface area (Å²) < 4.78 is 6.00. The zero-order chi connectivity index (χ0) is 15.4. The maximum Gasteiger partial charge on any atom is 0.334 e. The maximum atomic E-state index is 12.1. The zero-order valence-corrected chi connectivity index (χ0v) is 13.2. The average Bonchev–Trinajstić information content (AvgIpc) is 2.46. The second kappa shape index (κ2) is 6.87. The van der Waals surface area contributed by atoms with E-state index in [4.69, 9.17) is 9.84 Å². The van der Waals surface area contributed by atoms with Crippen LogP contribution >= 0.6 is 15.9 Å². The van der Waals surface area contributed by atoms with E-state index in [0.29, 0.717) is 6.54 Å². The van der Waals surface area contributed by atoms with Crippen molar-refractivity contribution in [2.45, 2.75) is 13.0 Å². The monoisotopic (exact) mass is 353 g/mol. The third kappa shape index (κ3) is 4.15. The van der Waals surface area contributed by atoms with Crippen LogP contribution in [0.3, 0.4) is 0 Å². The molecular formula is C15H16BrNO4. The van der Waals surface area contributed by atoms with E-state index in [9.17, 15) is 9.59 Å². The van der Waals surface area contributed by atoms with E-state index in [1.807, 2.05) is 25.1 Å². The van der Waals surface area contributed by atoms with Crippen LogP contribution in [-0.4, -0.2) is 47.7 Å². The molecule has 112 valence electrons. The molecule has 1 saturated heterocycles. The topological polar surface area (TPSA) is 66.8 Å². The third-order valence-corrected chi connectivity index (χ3v) is 3.90. The Bertz CT molecular complexity index is 585. The molecule has 1 aromatic carbocycles. The summed E-state index contributed by atoms with van der Waals surface area (Å²) in [5.74, 6) is -1.25. The standard InChI is InChI=1S/C15H16BrNO4/c1-10-2-3-11(12(16)8-10)4-5-14(18)17-6-7-21-13(9-17)15(19)20/h2-5,8,13H,6-7,9H2,1H3,(H,19,20). The molecule has 0 spiro atoms. The number of morpholine rings is 1. The Morgan fingerprint density at radius 2 is 2.24 bits per heavy atom. The van der Waals surface area contributed by atoms with Crippen LogP contribution in [0.15, 0.2) is 28.7 Å². The summed E-state index contributed by atoms with van der Waals surface area (Å²) in [6.45, 7) is 2.71. The van der Waals surface area contributed by atoms with Gasteiger partial charge in [0.1, 0.15) is 0 Å². The summed E-state index contributed by atoms with van der Waals surface area (Å²) in [6.07, 6.45) is 2.23. The second-order valence-electron chi connectivity index (χ2n) is 4.84. The SMILES string of the molecule is Cc1ccc(C=CC(=O)N2CCOC(C(=O)O)C2)c(Br)c1. The molecule has 6 heteroatoms. The fraction of sp³-hybridized carbons (Fsp3) is 0.333. The van der Waals surface area contributed by atoms with E-state index in [2.05, 4.69) is 15.9 Å². The molecule has 1 N–H and O–H groups in total. The number of carboxylic acid groups (broad SMARTS) is 1. The van der Waals surface area contributed by atoms with E-state index < -0.39 is 12.1 Å². The van der Waals surface area contributed by atoms with Crippen LogP contribution < -0.4 is 0 Å². The van der Waals surface area contributed by atoms with Crippen molar-refractivity contribution in [1.82, 2.24) is 4.90 Å². The molecule has 0 radical (unpaired) electrons. The highest BCUT2D eigenvalue weighted by atomic mass is 79.9. The maximum absolute atomic E-state index is 12.1. The Hall–Kier alpha value is -1.66. The molecule has 1 aliphatic heterocycles. The normalized spacial score (nSPS) is 19.0. The van der Waals surface area contributed by atoms with Gasteiger partial charge in [-0.05, 0) is 30.2 Å². The fourth-order valence-electron chi connectivity index (χ4n) is 2.03. The minimum atomic E-state index is -1.04. The number of aliphatic carboxylic acids is 1. The highest BCUT2D eigenvalue weighted by Crippen LogP contribution is 2.19. The van der Waals surface area contributed by atoms with Crippen LogP contribution in [0.25, 0.3) is 6.08 Å². The number of aryl methyl sites for hydroxylation is 1. The molecule has 1 aromatic rings. The lowest BCUT2D eigenvalue weighted by Gasteiger charge is -2.30. The molecule has 0 aliphatic carbocycles. The summed E-state index contributed by atoms with van der Waals surface area (Å²) in [5, 5.41) is 8.92. The molecule has 1 aliphatic rings. The largest absolute Gasteiger partial charge is 0.479 e. The van der Waals surface area contributed by atoms with Gasteiger partial charge in [0.05, 0.1) is 13.2 Å². The lowest BCUT2D eigenvalue weighted by atomic mass is 10.1. The molecule has 0 bridgehead atoms. The van der Waals surface area contributed by atoms with Gasteiger partial charge in [-0.15, -0.1) is 0 Å². The molecule has 1 atom stereocenters. The number of nitrogens with zero attached hydrogens (tertiary/aromatic N) is 1. The van der Waals surface area contributed by atoms with Crippen molar-refractivity contribution in [2.24, 2.45) is 0 Å². The van der Waals surface area contributed by atoms with E-state index in [-0.39, 0.29) is 19.1 Å². The molecule has 1 fully saturated rings. The third-order valence-electron chi connectivity index (χ3n) is 3.21. The highest BCUT2D eigenvalue weighted by Gasteiger charge is 2.27. The first-order valence-electron chi connectivity index (χ1n) is 6.55. The van der Waals surface area contributed by atoms with Crippen molar-refractivity contribution < 1.29 is 19.4 Å².